The summed E-state index contributed by atoms with van der Waals surface area (Å²) in [5, 5.41) is 7.66. The molecule has 0 bridgehead atoms. The maximum atomic E-state index is 12.8. The number of carbonyl (C=O) groups excluding carboxylic acids is 2. The van der Waals surface area contributed by atoms with Gasteiger partial charge in [0.1, 0.15) is 12.4 Å². The number of nitrogens with one attached hydrogen (secondary N) is 1. The Morgan fingerprint density at radius 1 is 1.25 bits per heavy atom. The van der Waals surface area contributed by atoms with Crippen molar-refractivity contribution in [3.8, 4) is 0 Å². The molecule has 0 fully saturated rings. The van der Waals surface area contributed by atoms with Gasteiger partial charge in [-0.25, -0.2) is 9.67 Å². The summed E-state index contributed by atoms with van der Waals surface area (Å²) in [6, 6.07) is 7.71. The van der Waals surface area contributed by atoms with Crippen LogP contribution in [0.4, 0.5) is 5.69 Å². The van der Waals surface area contributed by atoms with E-state index in [9.17, 15) is 9.59 Å². The van der Waals surface area contributed by atoms with Crippen LogP contribution in [0.25, 0.3) is 0 Å². The SMILES string of the molecule is CC(C)c1nc2n(n1)CCC[C@@H]2NC(=O)CN1C(=O)CCCc2ccccc21. The first-order chi connectivity index (χ1) is 13.5. The van der Waals surface area contributed by atoms with Crippen LogP contribution in [0.15, 0.2) is 24.3 Å². The molecule has 1 aromatic heterocycles. The molecular formula is C21H27N5O2. The maximum absolute atomic E-state index is 12.8. The van der Waals surface area contributed by atoms with Gasteiger partial charge in [0, 0.05) is 24.6 Å². The minimum absolute atomic E-state index is 0.00834. The summed E-state index contributed by atoms with van der Waals surface area (Å²) in [6.45, 7) is 5.01. The third-order valence-corrected chi connectivity index (χ3v) is 5.46. The van der Waals surface area contributed by atoms with Gasteiger partial charge in [-0.1, -0.05) is 32.0 Å². The number of nitrogens with zero attached hydrogens (tertiary/aromatic N) is 4. The van der Waals surface area contributed by atoms with E-state index in [1.807, 2.05) is 28.9 Å². The van der Waals surface area contributed by atoms with Gasteiger partial charge in [0.05, 0.1) is 6.04 Å². The third-order valence-electron chi connectivity index (χ3n) is 5.46. The largest absolute Gasteiger partial charge is 0.345 e. The zero-order chi connectivity index (χ0) is 19.7. The molecule has 0 spiro atoms. The van der Waals surface area contributed by atoms with Crippen molar-refractivity contribution in [3.05, 3.63) is 41.5 Å². The molecule has 0 radical (unpaired) electrons. The van der Waals surface area contributed by atoms with E-state index in [2.05, 4.69) is 29.2 Å². The number of amides is 2. The molecule has 1 aromatic carbocycles. The standard InChI is InChI=1S/C21H27N5O2/c1-14(2)20-23-21-16(9-6-12-26(21)24-20)22-18(27)13-25-17-10-4-3-7-15(17)8-5-11-19(25)28/h3-4,7,10,14,16H,5-6,8-9,11-13H2,1-2H3,(H,22,27)/t16-/m0/s1. The number of aryl methyl sites for hydroxylation is 2. The van der Waals surface area contributed by atoms with Gasteiger partial charge in [-0.15, -0.1) is 0 Å². The molecule has 2 aromatic rings. The molecule has 148 valence electrons. The van der Waals surface area contributed by atoms with Crippen molar-refractivity contribution in [2.24, 2.45) is 0 Å². The van der Waals surface area contributed by atoms with E-state index in [0.717, 1.165) is 55.1 Å². The number of hydrogen-bond donors (Lipinski definition) is 1. The Kier molecular flexibility index (Phi) is 5.15. The van der Waals surface area contributed by atoms with Crippen LogP contribution in [0.2, 0.25) is 0 Å². The van der Waals surface area contributed by atoms with Crippen molar-refractivity contribution >= 4 is 17.5 Å². The second-order valence-electron chi connectivity index (χ2n) is 7.93. The molecule has 7 nitrogen and oxygen atoms in total. The molecule has 7 heteroatoms. The number of anilines is 1. The lowest BCUT2D eigenvalue weighted by atomic mass is 10.1. The van der Waals surface area contributed by atoms with Crippen LogP contribution < -0.4 is 10.2 Å². The molecule has 1 atom stereocenters. The predicted octanol–water partition coefficient (Wildman–Crippen LogP) is 2.72. The van der Waals surface area contributed by atoms with Gasteiger partial charge in [-0.2, -0.15) is 5.10 Å². The average molecular weight is 381 g/mol. The molecule has 1 N–H and O–H groups in total. The molecule has 28 heavy (non-hydrogen) atoms. The second-order valence-corrected chi connectivity index (χ2v) is 7.93. The monoisotopic (exact) mass is 381 g/mol. The van der Waals surface area contributed by atoms with Crippen molar-refractivity contribution in [1.82, 2.24) is 20.1 Å². The zero-order valence-corrected chi connectivity index (χ0v) is 16.5. The highest BCUT2D eigenvalue weighted by atomic mass is 16.2. The number of fused-ring (bicyclic) bond motifs is 2. The zero-order valence-electron chi connectivity index (χ0n) is 16.5. The first-order valence-corrected chi connectivity index (χ1v) is 10.1. The molecule has 2 amide bonds. The Labute approximate surface area is 165 Å². The summed E-state index contributed by atoms with van der Waals surface area (Å²) in [5.41, 5.74) is 1.98. The lowest BCUT2D eigenvalue weighted by Crippen LogP contribution is -2.43. The summed E-state index contributed by atoms with van der Waals surface area (Å²) in [4.78, 5) is 31.7. The summed E-state index contributed by atoms with van der Waals surface area (Å²) >= 11 is 0. The van der Waals surface area contributed by atoms with Crippen LogP contribution in [-0.4, -0.2) is 33.1 Å². The predicted molar refractivity (Wildman–Crippen MR) is 106 cm³/mol. The molecule has 0 aliphatic carbocycles. The van der Waals surface area contributed by atoms with Gasteiger partial charge in [0.25, 0.3) is 0 Å². The fourth-order valence-electron chi connectivity index (χ4n) is 3.99. The number of benzene rings is 1. The number of carbonyl (C=O) groups is 2. The van der Waals surface area contributed by atoms with Crippen LogP contribution in [-0.2, 0) is 22.6 Å². The first kappa shape index (κ1) is 18.7. The van der Waals surface area contributed by atoms with Crippen LogP contribution in [0, 0.1) is 0 Å². The van der Waals surface area contributed by atoms with Gasteiger partial charge in [0.2, 0.25) is 11.8 Å². The molecule has 4 rings (SSSR count). The van der Waals surface area contributed by atoms with Gasteiger partial charge >= 0.3 is 0 Å². The van der Waals surface area contributed by atoms with E-state index in [-0.39, 0.29) is 30.3 Å². The van der Waals surface area contributed by atoms with E-state index >= 15 is 0 Å². The number of hydrogen-bond acceptors (Lipinski definition) is 4. The maximum Gasteiger partial charge on any atom is 0.240 e. The topological polar surface area (TPSA) is 80.1 Å². The second kappa shape index (κ2) is 7.73. The van der Waals surface area contributed by atoms with Crippen LogP contribution in [0.3, 0.4) is 0 Å². The quantitative estimate of drug-likeness (QED) is 0.883. The summed E-state index contributed by atoms with van der Waals surface area (Å²) in [5.74, 6) is 1.74. The Hall–Kier alpha value is -2.70. The van der Waals surface area contributed by atoms with Crippen molar-refractivity contribution < 1.29 is 9.59 Å². The van der Waals surface area contributed by atoms with Gasteiger partial charge in [-0.3, -0.25) is 9.59 Å². The van der Waals surface area contributed by atoms with Crippen molar-refractivity contribution in [2.45, 2.75) is 64.5 Å². The normalized spacial score (nSPS) is 19.2. The highest BCUT2D eigenvalue weighted by molar-refractivity contribution is 5.99. The Morgan fingerprint density at radius 2 is 2.07 bits per heavy atom. The van der Waals surface area contributed by atoms with E-state index in [4.69, 9.17) is 0 Å². The minimum atomic E-state index is -0.155. The first-order valence-electron chi connectivity index (χ1n) is 10.1. The molecule has 0 saturated heterocycles. The Balaban J connectivity index is 1.50. The molecule has 3 heterocycles. The van der Waals surface area contributed by atoms with Crippen LogP contribution in [0.1, 0.15) is 68.7 Å². The minimum Gasteiger partial charge on any atom is -0.345 e. The fourth-order valence-corrected chi connectivity index (χ4v) is 3.99. The lowest BCUT2D eigenvalue weighted by molar-refractivity contribution is -0.124. The van der Waals surface area contributed by atoms with Gasteiger partial charge < -0.3 is 10.2 Å². The van der Waals surface area contributed by atoms with Crippen LogP contribution in [0.5, 0.6) is 0 Å². The van der Waals surface area contributed by atoms with Crippen molar-refractivity contribution in [2.75, 3.05) is 11.4 Å². The molecule has 0 saturated carbocycles. The summed E-state index contributed by atoms with van der Waals surface area (Å²) in [7, 11) is 0. The van der Waals surface area contributed by atoms with E-state index < -0.39 is 0 Å². The molecule has 2 aliphatic rings. The van der Waals surface area contributed by atoms with E-state index in [1.165, 1.54) is 0 Å². The number of rotatable bonds is 4. The summed E-state index contributed by atoms with van der Waals surface area (Å²) < 4.78 is 1.91. The molecular weight excluding hydrogens is 354 g/mol. The summed E-state index contributed by atoms with van der Waals surface area (Å²) in [6.07, 6.45) is 3.94. The third kappa shape index (κ3) is 3.66. The number of aromatic nitrogens is 3. The van der Waals surface area contributed by atoms with E-state index in [0.29, 0.717) is 6.42 Å². The highest BCUT2D eigenvalue weighted by Crippen LogP contribution is 2.28. The highest BCUT2D eigenvalue weighted by Gasteiger charge is 2.29. The molecule has 0 unspecified atom stereocenters. The Morgan fingerprint density at radius 3 is 2.89 bits per heavy atom. The number of para-hydroxylation sites is 1. The van der Waals surface area contributed by atoms with Gasteiger partial charge in [-0.05, 0) is 37.3 Å². The average Bonchev–Trinajstić information content (AvgIpc) is 3.06. The smallest absolute Gasteiger partial charge is 0.240 e. The fraction of sp³-hybridized carbons (Fsp3) is 0.524. The van der Waals surface area contributed by atoms with Gasteiger partial charge in [0.15, 0.2) is 5.82 Å². The lowest BCUT2D eigenvalue weighted by Gasteiger charge is -2.26. The Bertz CT molecular complexity index is 889. The van der Waals surface area contributed by atoms with Crippen LogP contribution >= 0.6 is 0 Å². The van der Waals surface area contributed by atoms with Crippen molar-refractivity contribution in [3.63, 3.8) is 0 Å². The van der Waals surface area contributed by atoms with E-state index in [1.54, 1.807) is 4.90 Å². The molecule has 2 aliphatic heterocycles. The van der Waals surface area contributed by atoms with Crippen molar-refractivity contribution in [1.29, 1.82) is 0 Å².